The number of rotatable bonds is 6. The fourth-order valence-corrected chi connectivity index (χ4v) is 3.03. The molecule has 0 aliphatic carbocycles. The first-order valence-corrected chi connectivity index (χ1v) is 8.45. The minimum Gasteiger partial charge on any atom is -0.465 e. The highest BCUT2D eigenvalue weighted by Crippen LogP contribution is 2.19. The van der Waals surface area contributed by atoms with Gasteiger partial charge in [0.2, 0.25) is 5.78 Å². The number of aromatic amines is 1. The number of likely N-dealkylation sites (N-methyl/N-ethyl adjacent to an activating group) is 1. The van der Waals surface area contributed by atoms with Crippen LogP contribution in [0.2, 0.25) is 0 Å². The Bertz CT molecular complexity index is 775. The van der Waals surface area contributed by atoms with E-state index in [0.717, 1.165) is 11.4 Å². The predicted octanol–water partition coefficient (Wildman–Crippen LogP) is 2.01. The SMILES string of the molecule is COC(=O)c1c(C)[nH]c(C(=O)[C@H](C)[NH+](C)Cc2ccc(C)cc2)c1C. The van der Waals surface area contributed by atoms with Crippen LogP contribution in [0.15, 0.2) is 24.3 Å². The number of aryl methyl sites for hydroxylation is 2. The van der Waals surface area contributed by atoms with Crippen molar-refractivity contribution < 1.29 is 19.2 Å². The van der Waals surface area contributed by atoms with Gasteiger partial charge >= 0.3 is 5.97 Å². The number of Topliss-reactive ketones (excluding diaryl/α,β-unsaturated/α-hetero) is 1. The fourth-order valence-electron chi connectivity index (χ4n) is 3.03. The molecule has 5 heteroatoms. The van der Waals surface area contributed by atoms with Crippen LogP contribution in [-0.2, 0) is 11.3 Å². The zero-order valence-corrected chi connectivity index (χ0v) is 15.8. The number of nitrogens with one attached hydrogen (secondary N) is 2. The minimum atomic E-state index is -0.418. The Morgan fingerprint density at radius 1 is 1.16 bits per heavy atom. The number of aromatic nitrogens is 1. The molecule has 2 N–H and O–H groups in total. The molecule has 0 saturated heterocycles. The second-order valence-electron chi connectivity index (χ2n) is 6.71. The summed E-state index contributed by atoms with van der Waals surface area (Å²) in [5, 5.41) is 0. The molecular weight excluding hydrogens is 316 g/mol. The van der Waals surface area contributed by atoms with Gasteiger partial charge in [0.1, 0.15) is 6.54 Å². The summed E-state index contributed by atoms with van der Waals surface area (Å²) in [5.74, 6) is -0.418. The van der Waals surface area contributed by atoms with Gasteiger partial charge in [-0.15, -0.1) is 0 Å². The number of esters is 1. The van der Waals surface area contributed by atoms with Crippen LogP contribution in [0.5, 0.6) is 0 Å². The summed E-state index contributed by atoms with van der Waals surface area (Å²) < 4.78 is 4.81. The Morgan fingerprint density at radius 3 is 2.32 bits per heavy atom. The number of methoxy groups -OCH3 is 1. The maximum absolute atomic E-state index is 12.9. The van der Waals surface area contributed by atoms with Gasteiger partial charge in [-0.05, 0) is 33.3 Å². The van der Waals surface area contributed by atoms with Gasteiger partial charge in [0, 0.05) is 11.3 Å². The summed E-state index contributed by atoms with van der Waals surface area (Å²) in [6.07, 6.45) is 0. The van der Waals surface area contributed by atoms with Gasteiger partial charge in [-0.1, -0.05) is 29.8 Å². The number of ketones is 1. The predicted molar refractivity (Wildman–Crippen MR) is 97.2 cm³/mol. The smallest absolute Gasteiger partial charge is 0.339 e. The van der Waals surface area contributed by atoms with E-state index in [9.17, 15) is 9.59 Å². The first kappa shape index (κ1) is 18.9. The number of carbonyl (C=O) groups is 2. The molecule has 134 valence electrons. The van der Waals surface area contributed by atoms with Crippen LogP contribution in [0.3, 0.4) is 0 Å². The number of quaternary nitrogens is 1. The average Bonchev–Trinajstić information content (AvgIpc) is 2.89. The van der Waals surface area contributed by atoms with Crippen molar-refractivity contribution in [2.45, 2.75) is 40.3 Å². The molecule has 0 spiro atoms. The molecule has 25 heavy (non-hydrogen) atoms. The van der Waals surface area contributed by atoms with Crippen LogP contribution < -0.4 is 4.90 Å². The van der Waals surface area contributed by atoms with E-state index < -0.39 is 5.97 Å². The quantitative estimate of drug-likeness (QED) is 0.623. The standard InChI is InChI=1S/C20H26N2O3/c1-12-7-9-16(10-8-12)11-22(5)15(4)19(23)18-13(2)17(14(3)21-18)20(24)25-6/h7-10,15,21H,11H2,1-6H3/p+1/t15-/m0/s1. The Balaban J connectivity index is 2.19. The van der Waals surface area contributed by atoms with Gasteiger partial charge in [0.25, 0.3) is 0 Å². The van der Waals surface area contributed by atoms with E-state index in [-0.39, 0.29) is 11.8 Å². The summed E-state index contributed by atoms with van der Waals surface area (Å²) in [4.78, 5) is 29.0. The van der Waals surface area contributed by atoms with E-state index in [2.05, 4.69) is 36.2 Å². The molecule has 1 aromatic heterocycles. The molecule has 0 amide bonds. The normalized spacial score (nSPS) is 13.4. The molecule has 5 nitrogen and oxygen atoms in total. The molecule has 0 aliphatic heterocycles. The minimum absolute atomic E-state index is 0.000338. The molecule has 0 bridgehead atoms. The second-order valence-corrected chi connectivity index (χ2v) is 6.71. The first-order chi connectivity index (χ1) is 11.8. The number of hydrogen-bond donors (Lipinski definition) is 2. The van der Waals surface area contributed by atoms with E-state index in [1.807, 2.05) is 14.0 Å². The van der Waals surface area contributed by atoms with Gasteiger partial charge in [0.15, 0.2) is 6.04 Å². The van der Waals surface area contributed by atoms with Crippen LogP contribution in [0.1, 0.15) is 50.2 Å². The van der Waals surface area contributed by atoms with E-state index in [0.29, 0.717) is 22.5 Å². The second kappa shape index (κ2) is 7.66. The number of carbonyl (C=O) groups excluding carboxylic acids is 2. The van der Waals surface area contributed by atoms with Crippen molar-refractivity contribution in [1.82, 2.24) is 4.98 Å². The zero-order valence-electron chi connectivity index (χ0n) is 15.8. The topological polar surface area (TPSA) is 63.6 Å². The van der Waals surface area contributed by atoms with Crippen molar-refractivity contribution in [3.8, 4) is 0 Å². The lowest BCUT2D eigenvalue weighted by Gasteiger charge is -2.20. The summed E-state index contributed by atoms with van der Waals surface area (Å²) in [6.45, 7) is 8.30. The number of H-pyrrole nitrogens is 1. The highest BCUT2D eigenvalue weighted by atomic mass is 16.5. The molecule has 0 saturated carbocycles. The van der Waals surface area contributed by atoms with Crippen molar-refractivity contribution in [1.29, 1.82) is 0 Å². The molecular formula is C20H27N2O3+. The maximum Gasteiger partial charge on any atom is 0.339 e. The summed E-state index contributed by atoms with van der Waals surface area (Å²) in [6, 6.07) is 8.11. The summed E-state index contributed by atoms with van der Waals surface area (Å²) in [5.41, 5.74) is 4.68. The Labute approximate surface area is 149 Å². The molecule has 0 aliphatic rings. The third-order valence-electron chi connectivity index (χ3n) is 4.81. The maximum atomic E-state index is 12.9. The van der Waals surface area contributed by atoms with Crippen molar-refractivity contribution in [2.24, 2.45) is 0 Å². The third kappa shape index (κ3) is 3.99. The molecule has 1 heterocycles. The Hall–Kier alpha value is -2.40. The van der Waals surface area contributed by atoms with Crippen molar-refractivity contribution in [3.05, 3.63) is 57.9 Å². The highest BCUT2D eigenvalue weighted by molar-refractivity contribution is 6.03. The van der Waals surface area contributed by atoms with Crippen molar-refractivity contribution >= 4 is 11.8 Å². The average molecular weight is 343 g/mol. The van der Waals surface area contributed by atoms with Crippen LogP contribution in [0.4, 0.5) is 0 Å². The Kier molecular flexibility index (Phi) is 5.80. The van der Waals surface area contributed by atoms with Crippen molar-refractivity contribution in [2.75, 3.05) is 14.2 Å². The van der Waals surface area contributed by atoms with Gasteiger partial charge in [-0.25, -0.2) is 4.79 Å². The monoisotopic (exact) mass is 343 g/mol. The van der Waals surface area contributed by atoms with Crippen LogP contribution >= 0.6 is 0 Å². The fraction of sp³-hybridized carbons (Fsp3) is 0.400. The van der Waals surface area contributed by atoms with E-state index in [1.165, 1.54) is 18.2 Å². The summed E-state index contributed by atoms with van der Waals surface area (Å²) >= 11 is 0. The lowest BCUT2D eigenvalue weighted by atomic mass is 10.0. The number of hydrogen-bond acceptors (Lipinski definition) is 3. The third-order valence-corrected chi connectivity index (χ3v) is 4.81. The molecule has 0 radical (unpaired) electrons. The lowest BCUT2D eigenvalue weighted by molar-refractivity contribution is -0.907. The van der Waals surface area contributed by atoms with E-state index >= 15 is 0 Å². The lowest BCUT2D eigenvalue weighted by Crippen LogP contribution is -3.12. The van der Waals surface area contributed by atoms with Crippen LogP contribution in [0.25, 0.3) is 0 Å². The molecule has 1 aromatic carbocycles. The van der Waals surface area contributed by atoms with Crippen molar-refractivity contribution in [3.63, 3.8) is 0 Å². The Morgan fingerprint density at radius 2 is 1.76 bits per heavy atom. The molecule has 2 rings (SSSR count). The molecule has 2 atom stereocenters. The molecule has 1 unspecified atom stereocenters. The highest BCUT2D eigenvalue weighted by Gasteiger charge is 2.29. The van der Waals surface area contributed by atoms with Gasteiger partial charge in [0.05, 0.1) is 25.4 Å². The van der Waals surface area contributed by atoms with E-state index in [4.69, 9.17) is 4.74 Å². The molecule has 0 fully saturated rings. The summed E-state index contributed by atoms with van der Waals surface area (Å²) in [7, 11) is 3.35. The van der Waals surface area contributed by atoms with Gasteiger partial charge in [-0.2, -0.15) is 0 Å². The zero-order chi connectivity index (χ0) is 18.7. The van der Waals surface area contributed by atoms with Gasteiger partial charge < -0.3 is 14.6 Å². The first-order valence-electron chi connectivity index (χ1n) is 8.45. The molecule has 2 aromatic rings. The number of ether oxygens (including phenoxy) is 1. The van der Waals surface area contributed by atoms with Crippen LogP contribution in [0, 0.1) is 20.8 Å². The van der Waals surface area contributed by atoms with E-state index in [1.54, 1.807) is 13.8 Å². The largest absolute Gasteiger partial charge is 0.465 e. The number of benzene rings is 1. The van der Waals surface area contributed by atoms with Gasteiger partial charge in [-0.3, -0.25) is 4.79 Å². The van der Waals surface area contributed by atoms with Crippen LogP contribution in [-0.4, -0.2) is 36.9 Å².